The summed E-state index contributed by atoms with van der Waals surface area (Å²) in [6, 6.07) is 1.03. The van der Waals surface area contributed by atoms with Crippen LogP contribution in [0.15, 0.2) is 12.1 Å². The van der Waals surface area contributed by atoms with Gasteiger partial charge in [-0.25, -0.2) is 4.79 Å². The second kappa shape index (κ2) is 4.42. The van der Waals surface area contributed by atoms with Crippen LogP contribution in [-0.2, 0) is 11.0 Å². The van der Waals surface area contributed by atoms with Gasteiger partial charge in [-0.1, -0.05) is 11.6 Å². The summed E-state index contributed by atoms with van der Waals surface area (Å²) in [5.41, 5.74) is 3.16. The van der Waals surface area contributed by atoms with Gasteiger partial charge in [-0.2, -0.15) is 13.2 Å². The van der Waals surface area contributed by atoms with Gasteiger partial charge < -0.3 is 15.9 Å². The van der Waals surface area contributed by atoms with E-state index in [-0.39, 0.29) is 0 Å². The number of hydrogen-bond donors (Lipinski definition) is 3. The number of nitrogen functional groups attached to an aromatic ring is 1. The molecule has 94 valence electrons. The molecule has 1 atom stereocenters. The number of aliphatic hydroxyl groups excluding tert-OH is 1. The molecule has 0 saturated carbocycles. The first-order chi connectivity index (χ1) is 7.64. The molecule has 0 saturated heterocycles. The molecular weight excluding hydrogens is 263 g/mol. The summed E-state index contributed by atoms with van der Waals surface area (Å²) in [6.45, 7) is 0. The molecule has 0 heterocycles. The highest BCUT2D eigenvalue weighted by Gasteiger charge is 2.33. The molecule has 4 nitrogen and oxygen atoms in total. The van der Waals surface area contributed by atoms with Gasteiger partial charge in [0.1, 0.15) is 0 Å². The number of anilines is 1. The average Bonchev–Trinajstić information content (AvgIpc) is 2.14. The van der Waals surface area contributed by atoms with E-state index in [0.29, 0.717) is 12.1 Å². The predicted octanol–water partition coefficient (Wildman–Crippen LogP) is 2.06. The van der Waals surface area contributed by atoms with Crippen molar-refractivity contribution in [2.45, 2.75) is 12.3 Å². The van der Waals surface area contributed by atoms with Gasteiger partial charge in [-0.15, -0.1) is 0 Å². The first-order valence-electron chi connectivity index (χ1n) is 4.21. The Morgan fingerprint density at radius 1 is 1.41 bits per heavy atom. The molecule has 4 N–H and O–H groups in total. The molecule has 1 aromatic rings. The zero-order chi connectivity index (χ0) is 13.4. The first-order valence-corrected chi connectivity index (χ1v) is 4.59. The van der Waals surface area contributed by atoms with E-state index >= 15 is 0 Å². The van der Waals surface area contributed by atoms with Crippen molar-refractivity contribution in [2.75, 3.05) is 5.73 Å². The van der Waals surface area contributed by atoms with Crippen molar-refractivity contribution in [3.05, 3.63) is 28.3 Å². The molecule has 8 heteroatoms. The number of rotatable bonds is 2. The lowest BCUT2D eigenvalue weighted by Crippen LogP contribution is -2.15. The largest absolute Gasteiger partial charge is 0.479 e. The van der Waals surface area contributed by atoms with E-state index in [4.69, 9.17) is 22.4 Å². The zero-order valence-electron chi connectivity index (χ0n) is 8.12. The van der Waals surface area contributed by atoms with Gasteiger partial charge in [0.05, 0.1) is 5.56 Å². The molecule has 0 radical (unpaired) electrons. The van der Waals surface area contributed by atoms with Crippen LogP contribution >= 0.6 is 11.6 Å². The van der Waals surface area contributed by atoms with Crippen LogP contribution in [0, 0.1) is 0 Å². The highest BCUT2D eigenvalue weighted by atomic mass is 35.5. The van der Waals surface area contributed by atoms with Crippen LogP contribution in [0.1, 0.15) is 17.2 Å². The van der Waals surface area contributed by atoms with E-state index in [1.807, 2.05) is 0 Å². The predicted molar refractivity (Wildman–Crippen MR) is 53.5 cm³/mol. The smallest absolute Gasteiger partial charge is 0.416 e. The Morgan fingerprint density at radius 2 is 1.94 bits per heavy atom. The summed E-state index contributed by atoms with van der Waals surface area (Å²) in [7, 11) is 0. The van der Waals surface area contributed by atoms with E-state index in [9.17, 15) is 23.1 Å². The summed E-state index contributed by atoms with van der Waals surface area (Å²) in [5.74, 6) is -1.65. The minimum atomic E-state index is -4.65. The second-order valence-corrected chi connectivity index (χ2v) is 3.61. The number of halogens is 4. The van der Waals surface area contributed by atoms with Crippen molar-refractivity contribution >= 4 is 23.3 Å². The van der Waals surface area contributed by atoms with Crippen LogP contribution in [0.25, 0.3) is 0 Å². The molecule has 0 aromatic heterocycles. The Bertz CT molecular complexity index is 438. The van der Waals surface area contributed by atoms with Crippen molar-refractivity contribution in [3.8, 4) is 0 Å². The maximum absolute atomic E-state index is 12.3. The van der Waals surface area contributed by atoms with Gasteiger partial charge >= 0.3 is 12.1 Å². The fraction of sp³-hybridized carbons (Fsp3) is 0.222. The van der Waals surface area contributed by atoms with Crippen molar-refractivity contribution in [2.24, 2.45) is 0 Å². The van der Waals surface area contributed by atoms with Crippen LogP contribution in [-0.4, -0.2) is 16.2 Å². The number of aliphatic carboxylic acids is 1. The van der Waals surface area contributed by atoms with E-state index in [0.717, 1.165) is 0 Å². The summed E-state index contributed by atoms with van der Waals surface area (Å²) < 4.78 is 37.0. The number of benzene rings is 1. The Morgan fingerprint density at radius 3 is 2.29 bits per heavy atom. The summed E-state index contributed by atoms with van der Waals surface area (Å²) in [5, 5.41) is 17.2. The molecule has 1 aromatic carbocycles. The molecule has 0 spiro atoms. The van der Waals surface area contributed by atoms with Crippen LogP contribution in [0.2, 0.25) is 5.02 Å². The molecule has 1 unspecified atom stereocenters. The molecular formula is C9H7ClF3NO3. The lowest BCUT2D eigenvalue weighted by Gasteiger charge is -2.14. The molecule has 17 heavy (non-hydrogen) atoms. The standard InChI is InChI=1S/C9H7ClF3NO3/c10-4-1-3(9(11,12)13)2-5(14)6(4)7(15)8(16)17/h1-2,7,15H,14H2,(H,16,17). The second-order valence-electron chi connectivity index (χ2n) is 3.20. The Kier molecular flexibility index (Phi) is 3.53. The number of aliphatic hydroxyl groups is 1. The lowest BCUT2D eigenvalue weighted by molar-refractivity contribution is -0.146. The quantitative estimate of drug-likeness (QED) is 0.718. The van der Waals surface area contributed by atoms with Crippen molar-refractivity contribution in [1.82, 2.24) is 0 Å². The van der Waals surface area contributed by atoms with E-state index in [1.54, 1.807) is 0 Å². The molecule has 0 aliphatic carbocycles. The van der Waals surface area contributed by atoms with E-state index in [2.05, 4.69) is 0 Å². The van der Waals surface area contributed by atoms with Gasteiger partial charge in [0.25, 0.3) is 0 Å². The van der Waals surface area contributed by atoms with Crippen molar-refractivity contribution in [3.63, 3.8) is 0 Å². The minimum absolute atomic E-state index is 0.452. The fourth-order valence-electron chi connectivity index (χ4n) is 1.21. The third-order valence-corrected chi connectivity index (χ3v) is 2.31. The summed E-state index contributed by atoms with van der Waals surface area (Å²) in [4.78, 5) is 10.5. The van der Waals surface area contributed by atoms with Crippen LogP contribution in [0.5, 0.6) is 0 Å². The van der Waals surface area contributed by atoms with Crippen molar-refractivity contribution in [1.29, 1.82) is 0 Å². The van der Waals surface area contributed by atoms with Gasteiger partial charge in [-0.3, -0.25) is 0 Å². The number of carboxylic acid groups (broad SMARTS) is 1. The van der Waals surface area contributed by atoms with E-state index in [1.165, 1.54) is 0 Å². The maximum atomic E-state index is 12.3. The van der Waals surface area contributed by atoms with Crippen molar-refractivity contribution < 1.29 is 28.2 Å². The molecule has 1 rings (SSSR count). The summed E-state index contributed by atoms with van der Waals surface area (Å²) >= 11 is 5.48. The fourth-order valence-corrected chi connectivity index (χ4v) is 1.54. The van der Waals surface area contributed by atoms with Gasteiger partial charge in [0, 0.05) is 16.3 Å². The highest BCUT2D eigenvalue weighted by Crippen LogP contribution is 2.37. The Balaban J connectivity index is 3.34. The molecule has 0 bridgehead atoms. The molecule has 0 amide bonds. The normalized spacial score (nSPS) is 13.5. The first kappa shape index (κ1) is 13.6. The number of alkyl halides is 3. The molecule has 0 aliphatic heterocycles. The van der Waals surface area contributed by atoms with Crippen LogP contribution < -0.4 is 5.73 Å². The van der Waals surface area contributed by atoms with E-state index < -0.39 is 40.1 Å². The maximum Gasteiger partial charge on any atom is 0.416 e. The number of nitrogens with two attached hydrogens (primary N) is 1. The van der Waals surface area contributed by atoms with Gasteiger partial charge in [-0.05, 0) is 12.1 Å². The molecule has 0 aliphatic rings. The Labute approximate surface area is 98.4 Å². The summed E-state index contributed by atoms with van der Waals surface area (Å²) in [6.07, 6.45) is -6.71. The van der Waals surface area contributed by atoms with Gasteiger partial charge in [0.2, 0.25) is 0 Å². The third kappa shape index (κ3) is 2.80. The third-order valence-electron chi connectivity index (χ3n) is 2.00. The molecule has 0 fully saturated rings. The minimum Gasteiger partial charge on any atom is -0.479 e. The SMILES string of the molecule is Nc1cc(C(F)(F)F)cc(Cl)c1C(O)C(=O)O. The number of carboxylic acids is 1. The highest BCUT2D eigenvalue weighted by molar-refractivity contribution is 6.32. The lowest BCUT2D eigenvalue weighted by atomic mass is 10.0. The number of carbonyl (C=O) groups is 1. The monoisotopic (exact) mass is 269 g/mol. The zero-order valence-corrected chi connectivity index (χ0v) is 8.88. The van der Waals surface area contributed by atoms with Gasteiger partial charge in [0.15, 0.2) is 6.10 Å². The van der Waals surface area contributed by atoms with Crippen LogP contribution in [0.3, 0.4) is 0 Å². The topological polar surface area (TPSA) is 83.5 Å². The number of hydrogen-bond acceptors (Lipinski definition) is 3. The van der Waals surface area contributed by atoms with Crippen LogP contribution in [0.4, 0.5) is 18.9 Å². The average molecular weight is 270 g/mol. The Hall–Kier alpha value is -1.47.